The fourth-order valence-corrected chi connectivity index (χ4v) is 3.50. The summed E-state index contributed by atoms with van der Waals surface area (Å²) in [5, 5.41) is 3.84. The summed E-state index contributed by atoms with van der Waals surface area (Å²) in [4.78, 5) is 31.7. The van der Waals surface area contributed by atoms with Crippen molar-refractivity contribution >= 4 is 28.6 Å². The van der Waals surface area contributed by atoms with Crippen LogP contribution in [0, 0.1) is 0 Å². The minimum absolute atomic E-state index is 0.0560. The summed E-state index contributed by atoms with van der Waals surface area (Å²) in [7, 11) is 0. The molecule has 0 saturated carbocycles. The molecule has 1 aliphatic heterocycles. The number of nitrogens with zero attached hydrogens (tertiary/aromatic N) is 2. The summed E-state index contributed by atoms with van der Waals surface area (Å²) in [6.07, 6.45) is 2.99. The lowest BCUT2D eigenvalue weighted by molar-refractivity contribution is -0.120. The van der Waals surface area contributed by atoms with E-state index >= 15 is 0 Å². The van der Waals surface area contributed by atoms with Gasteiger partial charge in [0.25, 0.3) is 0 Å². The van der Waals surface area contributed by atoms with Crippen molar-refractivity contribution in [1.29, 1.82) is 0 Å². The fraction of sp³-hybridized carbons (Fsp3) is 0.318. The first-order valence-electron chi connectivity index (χ1n) is 9.79. The van der Waals surface area contributed by atoms with Gasteiger partial charge in [-0.05, 0) is 29.3 Å². The van der Waals surface area contributed by atoms with Gasteiger partial charge in [0, 0.05) is 43.0 Å². The van der Waals surface area contributed by atoms with E-state index in [-0.39, 0.29) is 23.5 Å². The number of ether oxygens (including phenoxy) is 1. The number of morpholine rings is 1. The SMILES string of the molecule is O=C(Cc1coc2ncc(CN3CCOCC3)cc2c1=O)NCc1ccc(Cl)cc1. The van der Waals surface area contributed by atoms with Crippen LogP contribution in [0.25, 0.3) is 11.1 Å². The van der Waals surface area contributed by atoms with Crippen molar-refractivity contribution in [3.05, 3.63) is 74.7 Å². The largest absolute Gasteiger partial charge is 0.446 e. The Labute approximate surface area is 178 Å². The lowest BCUT2D eigenvalue weighted by Crippen LogP contribution is -2.35. The zero-order valence-corrected chi connectivity index (χ0v) is 17.2. The van der Waals surface area contributed by atoms with Crippen LogP contribution in [0.2, 0.25) is 5.02 Å². The van der Waals surface area contributed by atoms with Crippen molar-refractivity contribution < 1.29 is 13.9 Å². The molecule has 0 bridgehead atoms. The Morgan fingerprint density at radius 3 is 2.70 bits per heavy atom. The third-order valence-electron chi connectivity index (χ3n) is 5.02. The summed E-state index contributed by atoms with van der Waals surface area (Å²) in [5.41, 5.74) is 2.21. The number of carbonyl (C=O) groups excluding carboxylic acids is 1. The second kappa shape index (κ2) is 9.38. The molecule has 8 heteroatoms. The Morgan fingerprint density at radius 2 is 1.93 bits per heavy atom. The molecule has 0 radical (unpaired) electrons. The predicted molar refractivity (Wildman–Crippen MR) is 113 cm³/mol. The van der Waals surface area contributed by atoms with E-state index in [1.54, 1.807) is 24.4 Å². The molecule has 1 N–H and O–H groups in total. The number of amides is 1. The highest BCUT2D eigenvalue weighted by Crippen LogP contribution is 2.14. The molecule has 30 heavy (non-hydrogen) atoms. The van der Waals surface area contributed by atoms with Crippen LogP contribution in [0.1, 0.15) is 16.7 Å². The number of benzene rings is 1. The van der Waals surface area contributed by atoms with Gasteiger partial charge in [-0.3, -0.25) is 14.5 Å². The molecule has 4 rings (SSSR count). The third-order valence-corrected chi connectivity index (χ3v) is 5.27. The Bertz CT molecular complexity index is 1090. The van der Waals surface area contributed by atoms with E-state index in [9.17, 15) is 9.59 Å². The number of carbonyl (C=O) groups is 1. The molecule has 156 valence electrons. The average molecular weight is 428 g/mol. The van der Waals surface area contributed by atoms with E-state index in [2.05, 4.69) is 15.2 Å². The number of fused-ring (bicyclic) bond motifs is 1. The molecule has 1 saturated heterocycles. The maximum absolute atomic E-state index is 12.9. The number of aromatic nitrogens is 1. The van der Waals surface area contributed by atoms with Crippen LogP contribution in [-0.2, 0) is 29.0 Å². The lowest BCUT2D eigenvalue weighted by atomic mass is 10.1. The van der Waals surface area contributed by atoms with Crippen LogP contribution < -0.4 is 10.7 Å². The minimum atomic E-state index is -0.256. The first-order chi connectivity index (χ1) is 14.6. The zero-order valence-electron chi connectivity index (χ0n) is 16.4. The molecule has 0 atom stereocenters. The molecule has 7 nitrogen and oxygen atoms in total. The van der Waals surface area contributed by atoms with Crippen LogP contribution in [-0.4, -0.2) is 42.1 Å². The molecule has 0 spiro atoms. The predicted octanol–water partition coefficient (Wildman–Crippen LogP) is 2.53. The second-order valence-electron chi connectivity index (χ2n) is 7.25. The Morgan fingerprint density at radius 1 is 1.17 bits per heavy atom. The van der Waals surface area contributed by atoms with Gasteiger partial charge in [-0.1, -0.05) is 23.7 Å². The molecule has 3 aromatic rings. The average Bonchev–Trinajstić information content (AvgIpc) is 2.76. The molecule has 1 fully saturated rings. The summed E-state index contributed by atoms with van der Waals surface area (Å²) >= 11 is 5.87. The second-order valence-corrected chi connectivity index (χ2v) is 7.69. The maximum Gasteiger partial charge on any atom is 0.229 e. The van der Waals surface area contributed by atoms with Crippen molar-refractivity contribution in [1.82, 2.24) is 15.2 Å². The highest BCUT2D eigenvalue weighted by molar-refractivity contribution is 6.30. The molecule has 1 aromatic carbocycles. The normalized spacial score (nSPS) is 14.7. The monoisotopic (exact) mass is 427 g/mol. The van der Waals surface area contributed by atoms with E-state index < -0.39 is 0 Å². The van der Waals surface area contributed by atoms with Crippen molar-refractivity contribution in [2.45, 2.75) is 19.5 Å². The van der Waals surface area contributed by atoms with Crippen LogP contribution in [0.5, 0.6) is 0 Å². The summed E-state index contributed by atoms with van der Waals surface area (Å²) in [6, 6.07) is 9.02. The molecule has 1 amide bonds. The van der Waals surface area contributed by atoms with Crippen LogP contribution in [0.15, 0.2) is 52.0 Å². The quantitative estimate of drug-likeness (QED) is 0.650. The van der Waals surface area contributed by atoms with E-state index in [0.29, 0.717) is 42.3 Å². The first-order valence-corrected chi connectivity index (χ1v) is 10.2. The fourth-order valence-electron chi connectivity index (χ4n) is 3.37. The van der Waals surface area contributed by atoms with Gasteiger partial charge in [0.2, 0.25) is 11.6 Å². The van der Waals surface area contributed by atoms with Gasteiger partial charge < -0.3 is 14.5 Å². The number of hydrogen-bond acceptors (Lipinski definition) is 6. The Kier molecular flexibility index (Phi) is 6.42. The van der Waals surface area contributed by atoms with Gasteiger partial charge in [0.1, 0.15) is 6.26 Å². The van der Waals surface area contributed by atoms with Crippen LogP contribution in [0.3, 0.4) is 0 Å². The van der Waals surface area contributed by atoms with E-state index in [4.69, 9.17) is 20.8 Å². The minimum Gasteiger partial charge on any atom is -0.446 e. The van der Waals surface area contributed by atoms with Crippen LogP contribution in [0.4, 0.5) is 0 Å². The number of pyridine rings is 1. The topological polar surface area (TPSA) is 84.7 Å². The van der Waals surface area contributed by atoms with Crippen molar-refractivity contribution in [3.8, 4) is 0 Å². The number of hydrogen-bond donors (Lipinski definition) is 1. The molecule has 0 unspecified atom stereocenters. The van der Waals surface area contributed by atoms with Gasteiger partial charge in [0.05, 0.1) is 25.0 Å². The molecule has 2 aromatic heterocycles. The van der Waals surface area contributed by atoms with Crippen molar-refractivity contribution in [3.63, 3.8) is 0 Å². The molecule has 0 aliphatic carbocycles. The molecule has 1 aliphatic rings. The van der Waals surface area contributed by atoms with Gasteiger partial charge in [0.15, 0.2) is 5.43 Å². The maximum atomic E-state index is 12.9. The first kappa shape index (κ1) is 20.5. The van der Waals surface area contributed by atoms with Gasteiger partial charge in [-0.2, -0.15) is 0 Å². The molecular weight excluding hydrogens is 406 g/mol. The standard InChI is InChI=1S/C22H22ClN3O4/c23-18-3-1-15(2-4-18)11-24-20(27)10-17-14-30-22-19(21(17)28)9-16(12-25-22)13-26-5-7-29-8-6-26/h1-4,9,12,14H,5-8,10-11,13H2,(H,24,27). The molecule has 3 heterocycles. The summed E-state index contributed by atoms with van der Waals surface area (Å²) in [6.45, 7) is 4.16. The third kappa shape index (κ3) is 5.05. The van der Waals surface area contributed by atoms with Crippen molar-refractivity contribution in [2.75, 3.05) is 26.3 Å². The number of halogens is 1. The zero-order chi connectivity index (χ0) is 20.9. The Hall–Kier alpha value is -2.74. The van der Waals surface area contributed by atoms with Crippen molar-refractivity contribution in [2.24, 2.45) is 0 Å². The number of rotatable bonds is 6. The smallest absolute Gasteiger partial charge is 0.229 e. The van der Waals surface area contributed by atoms with Gasteiger partial charge >= 0.3 is 0 Å². The number of nitrogens with one attached hydrogen (secondary N) is 1. The highest BCUT2D eigenvalue weighted by atomic mass is 35.5. The molecular formula is C22H22ClN3O4. The Balaban J connectivity index is 1.45. The van der Waals surface area contributed by atoms with E-state index in [1.807, 2.05) is 12.1 Å². The van der Waals surface area contributed by atoms with E-state index in [1.165, 1.54) is 6.26 Å². The van der Waals surface area contributed by atoms with Gasteiger partial charge in [-0.15, -0.1) is 0 Å². The summed E-state index contributed by atoms with van der Waals surface area (Å²) < 4.78 is 10.9. The van der Waals surface area contributed by atoms with Gasteiger partial charge in [-0.25, -0.2) is 4.98 Å². The lowest BCUT2D eigenvalue weighted by Gasteiger charge is -2.26. The van der Waals surface area contributed by atoms with E-state index in [0.717, 1.165) is 24.2 Å². The highest BCUT2D eigenvalue weighted by Gasteiger charge is 2.15. The summed E-state index contributed by atoms with van der Waals surface area (Å²) in [5.74, 6) is -0.256. The van der Waals surface area contributed by atoms with Crippen LogP contribution >= 0.6 is 11.6 Å².